The van der Waals surface area contributed by atoms with Crippen molar-refractivity contribution in [1.29, 1.82) is 0 Å². The number of nitrogens with zero attached hydrogens (tertiary/aromatic N) is 6. The fourth-order valence-electron chi connectivity index (χ4n) is 12.1. The molecule has 6 N–H and O–H groups in total. The topological polar surface area (TPSA) is 449 Å². The van der Waals surface area contributed by atoms with E-state index in [1.54, 1.807) is 31.2 Å². The summed E-state index contributed by atoms with van der Waals surface area (Å²) in [5.41, 5.74) is -4.90. The van der Waals surface area contributed by atoms with Crippen LogP contribution in [-0.2, 0) is 123 Å². The number of hydrogen-bond acceptors (Lipinski definition) is 24. The van der Waals surface area contributed by atoms with E-state index in [-0.39, 0.29) is 136 Å². The Morgan fingerprint density at radius 1 is 0.385 bits per heavy atom. The molecule has 3 heterocycles. The van der Waals surface area contributed by atoms with Crippen LogP contribution in [0.4, 0.5) is 0 Å². The summed E-state index contributed by atoms with van der Waals surface area (Å²) in [7, 11) is 0. The lowest BCUT2D eigenvalue weighted by Gasteiger charge is -2.27. The molecule has 33 nitrogen and oxygen atoms in total. The lowest BCUT2D eigenvalue weighted by molar-refractivity contribution is -0.146. The maximum absolute atomic E-state index is 12.7. The van der Waals surface area contributed by atoms with Crippen molar-refractivity contribution in [3.8, 4) is 0 Å². The Balaban J connectivity index is 0.000000293. The van der Waals surface area contributed by atoms with Gasteiger partial charge in [0.25, 0.3) is 0 Å². The summed E-state index contributed by atoms with van der Waals surface area (Å²) in [4.78, 5) is 189. The first-order chi connectivity index (χ1) is 52.2. The lowest BCUT2D eigenvalue weighted by atomic mass is 9.81. The Bertz CT molecular complexity index is 3980. The Kier molecular flexibility index (Phi) is 40.2. The predicted molar refractivity (Wildman–Crippen MR) is 398 cm³/mol. The second kappa shape index (κ2) is 48.7. The van der Waals surface area contributed by atoms with Crippen molar-refractivity contribution in [3.05, 3.63) is 165 Å². The largest absolute Gasteiger partial charge is 0.466 e. The number of aryl methyl sites for hydroxylation is 1. The van der Waals surface area contributed by atoms with E-state index in [1.807, 2.05) is 41.2 Å². The van der Waals surface area contributed by atoms with E-state index in [2.05, 4.69) is 25.8 Å². The van der Waals surface area contributed by atoms with Crippen molar-refractivity contribution in [2.75, 3.05) is 33.0 Å². The highest BCUT2D eigenvalue weighted by molar-refractivity contribution is 5.71. The van der Waals surface area contributed by atoms with Gasteiger partial charge in [-0.2, -0.15) is 0 Å². The number of carbonyl (C=O) groups excluding carboxylic acids is 6. The van der Waals surface area contributed by atoms with Crippen molar-refractivity contribution in [2.24, 2.45) is 29.6 Å². The van der Waals surface area contributed by atoms with Gasteiger partial charge < -0.3 is 43.7 Å². The van der Waals surface area contributed by atoms with E-state index in [9.17, 15) is 82.1 Å². The molecule has 604 valence electrons. The van der Waals surface area contributed by atoms with Crippen LogP contribution in [0.5, 0.6) is 0 Å². The Hall–Kier alpha value is -9.63. The molecule has 2 saturated carbocycles. The van der Waals surface area contributed by atoms with Crippen LogP contribution in [0, 0.1) is 29.6 Å². The molecule has 2 aliphatic carbocycles. The summed E-state index contributed by atoms with van der Waals surface area (Å²) in [6.07, 6.45) is 15.2. The summed E-state index contributed by atoms with van der Waals surface area (Å²) in [5.74, 6) is -1.11. The number of aliphatic hydroxyl groups excluding tert-OH is 3. The highest BCUT2D eigenvalue weighted by atomic mass is 16.6. The average molecular weight is 1530 g/mol. The SMILES string of the molecule is CC(C)CCCCCOC(=O)CCn1c(=O)[nH]c(=O)n(CCC(=O)OCCCCCC(C)O)c1=O.CCC1CCC(COC(=O)CCn2c(=O)[nH]c(=O)n(CCC(=O)OCC3CCC(CO)CC3)c2=O)CC1.CCc1ccc(COC(=O)CCn2c(=O)[nH]c(=O)n(CCC(=O)OCc3ccc(CO)cc3)c2=O)cc1. The predicted octanol–water partition coefficient (Wildman–Crippen LogP) is 4.32. The molecule has 0 spiro atoms. The zero-order chi connectivity index (χ0) is 79.8. The second-order valence-corrected chi connectivity index (χ2v) is 28.0. The number of unbranched alkanes of at least 4 members (excludes halogenated alkanes) is 4. The Morgan fingerprint density at radius 3 is 0.982 bits per heavy atom. The van der Waals surface area contributed by atoms with Gasteiger partial charge in [0.2, 0.25) is 0 Å². The first-order valence-corrected chi connectivity index (χ1v) is 38.0. The smallest absolute Gasteiger partial charge is 0.336 e. The Morgan fingerprint density at radius 2 is 0.679 bits per heavy atom. The van der Waals surface area contributed by atoms with E-state index in [1.165, 1.54) is 6.42 Å². The molecule has 5 aromatic rings. The van der Waals surface area contributed by atoms with Gasteiger partial charge in [0.15, 0.2) is 0 Å². The lowest BCUT2D eigenvalue weighted by Crippen LogP contribution is -2.49. The summed E-state index contributed by atoms with van der Waals surface area (Å²) >= 11 is 0. The first kappa shape index (κ1) is 90.0. The van der Waals surface area contributed by atoms with E-state index in [0.717, 1.165) is 137 Å². The van der Waals surface area contributed by atoms with Crippen molar-refractivity contribution in [3.63, 3.8) is 0 Å². The van der Waals surface area contributed by atoms with E-state index in [0.29, 0.717) is 51.9 Å². The summed E-state index contributed by atoms with van der Waals surface area (Å²) in [5, 5.41) is 27.5. The highest BCUT2D eigenvalue weighted by Crippen LogP contribution is 2.31. The first-order valence-electron chi connectivity index (χ1n) is 38.0. The normalized spacial score (nSPS) is 15.6. The summed E-state index contributed by atoms with van der Waals surface area (Å²) in [6.45, 7) is 9.92. The molecule has 2 fully saturated rings. The van der Waals surface area contributed by atoms with Crippen LogP contribution in [0.2, 0.25) is 0 Å². The molecule has 1 atom stereocenters. The number of benzene rings is 2. The fraction of sp³-hybridized carbons (Fsp3) is 0.645. The molecular formula is C76H111N9O24. The quantitative estimate of drug-likeness (QED) is 0.0180. The molecule has 3 aromatic heterocycles. The van der Waals surface area contributed by atoms with Gasteiger partial charge in [0.1, 0.15) is 13.2 Å². The molecule has 2 aliphatic rings. The van der Waals surface area contributed by atoms with Crippen LogP contribution in [0.1, 0.15) is 205 Å². The van der Waals surface area contributed by atoms with Gasteiger partial charge in [-0.25, -0.2) is 70.6 Å². The number of carbonyl (C=O) groups is 6. The maximum Gasteiger partial charge on any atom is 0.336 e. The maximum atomic E-state index is 12.7. The minimum Gasteiger partial charge on any atom is -0.466 e. The second-order valence-electron chi connectivity index (χ2n) is 28.0. The molecule has 2 aromatic carbocycles. The average Bonchev–Trinajstić information content (AvgIpc) is 0.824. The molecule has 109 heavy (non-hydrogen) atoms. The number of ether oxygens (including phenoxy) is 6. The van der Waals surface area contributed by atoms with Crippen molar-refractivity contribution in [2.45, 2.75) is 254 Å². The third-order valence-corrected chi connectivity index (χ3v) is 19.1. The number of aliphatic hydroxyl groups is 3. The number of rotatable bonds is 42. The van der Waals surface area contributed by atoms with Crippen molar-refractivity contribution in [1.82, 2.24) is 42.4 Å². The van der Waals surface area contributed by atoms with Gasteiger partial charge in [-0.05, 0) is 129 Å². The van der Waals surface area contributed by atoms with Gasteiger partial charge in [-0.1, -0.05) is 121 Å². The minimum absolute atomic E-state index is 0.0137. The molecule has 1 unspecified atom stereocenters. The summed E-state index contributed by atoms with van der Waals surface area (Å²) in [6, 6.07) is 14.4. The molecular weight excluding hydrogens is 1420 g/mol. The van der Waals surface area contributed by atoms with Crippen LogP contribution in [0.3, 0.4) is 0 Å². The van der Waals surface area contributed by atoms with Crippen LogP contribution in [0.15, 0.2) is 91.7 Å². The van der Waals surface area contributed by atoms with Gasteiger partial charge in [-0.3, -0.25) is 43.7 Å². The van der Waals surface area contributed by atoms with Crippen molar-refractivity contribution >= 4 is 35.8 Å². The van der Waals surface area contributed by atoms with Crippen LogP contribution < -0.4 is 51.2 Å². The van der Waals surface area contributed by atoms with Crippen LogP contribution >= 0.6 is 0 Å². The van der Waals surface area contributed by atoms with Crippen LogP contribution in [-0.4, -0.2) is 133 Å². The molecule has 0 aliphatic heterocycles. The number of esters is 6. The highest BCUT2D eigenvalue weighted by Gasteiger charge is 2.25. The number of nitrogens with one attached hydrogen (secondary N) is 3. The number of H-pyrrole nitrogens is 3. The monoisotopic (exact) mass is 1530 g/mol. The van der Waals surface area contributed by atoms with Gasteiger partial charge >= 0.3 is 87.0 Å². The fourth-order valence-corrected chi connectivity index (χ4v) is 12.1. The molecule has 0 radical (unpaired) electrons. The number of aromatic nitrogens is 9. The molecule has 0 amide bonds. The standard InChI is InChI=1S/C26H41N3O8.C26H29N3O8.C24H41N3O8/c2*1-2-18-3-7-20(8-4-18)16-36-22(31)11-13-28-24(33)27-25(34)29(26(28)35)14-12-23(32)37-17-21-9-5-19(15-30)6-10-21;1-18(2)10-6-4-8-16-34-20(29)12-14-26-22(31)25-23(32)27(24(26)33)15-13-21(30)35-17-9-5-7-11-19(3)28/h18-21,30H,2-17H2,1H3,(H,27,33,34);3-10,30H,2,11-17H2,1H3,(H,27,33,34);18-19,28H,4-17H2,1-3H3,(H,25,31,32). The molecule has 7 rings (SSSR count). The minimum atomic E-state index is -0.961. The molecule has 0 saturated heterocycles. The zero-order valence-corrected chi connectivity index (χ0v) is 63.6. The third kappa shape index (κ3) is 33.0. The van der Waals surface area contributed by atoms with Gasteiger partial charge in [0, 0.05) is 45.9 Å². The van der Waals surface area contributed by atoms with Crippen molar-refractivity contribution < 1.29 is 72.5 Å². The van der Waals surface area contributed by atoms with E-state index >= 15 is 0 Å². The summed E-state index contributed by atoms with van der Waals surface area (Å²) < 4.78 is 35.7. The Labute approximate surface area is 629 Å². The number of aromatic amines is 3. The van der Waals surface area contributed by atoms with Gasteiger partial charge in [-0.15, -0.1) is 0 Å². The number of hydrogen-bond donors (Lipinski definition) is 6. The van der Waals surface area contributed by atoms with E-state index in [4.69, 9.17) is 33.5 Å². The molecule has 33 heteroatoms. The zero-order valence-electron chi connectivity index (χ0n) is 63.6. The van der Waals surface area contributed by atoms with Gasteiger partial charge in [0.05, 0.1) is 77.7 Å². The third-order valence-electron chi connectivity index (χ3n) is 19.1. The van der Waals surface area contributed by atoms with Crippen LogP contribution in [0.25, 0.3) is 0 Å². The molecule has 0 bridgehead atoms. The van der Waals surface area contributed by atoms with E-state index < -0.39 is 87.0 Å².